The third-order valence-corrected chi connectivity index (χ3v) is 5.93. The van der Waals surface area contributed by atoms with Gasteiger partial charge in [-0.25, -0.2) is 9.07 Å². The molecule has 2 aromatic carbocycles. The number of carbonyl (C=O) groups excluding carboxylic acids is 1. The number of aryl methyl sites for hydroxylation is 2. The fourth-order valence-electron chi connectivity index (χ4n) is 3.16. The molecule has 0 bridgehead atoms. The number of nitrogens with one attached hydrogen (secondary N) is 2. The maximum absolute atomic E-state index is 13.4. The number of hydrogen-bond donors (Lipinski definition) is 2. The van der Waals surface area contributed by atoms with Gasteiger partial charge in [0, 0.05) is 12.1 Å². The number of rotatable bonds is 4. The quantitative estimate of drug-likeness (QED) is 0.703. The van der Waals surface area contributed by atoms with E-state index in [4.69, 9.17) is 0 Å². The Balaban J connectivity index is 1.68. The van der Waals surface area contributed by atoms with Gasteiger partial charge in [-0.05, 0) is 36.2 Å². The first-order valence-electron chi connectivity index (χ1n) is 9.06. The number of aromatic nitrogens is 3. The number of carbonyl (C=O) groups is 1. The highest BCUT2D eigenvalue weighted by molar-refractivity contribution is 8.00. The molecule has 1 aliphatic heterocycles. The Bertz CT molecular complexity index is 1000. The number of amides is 1. The second kappa shape index (κ2) is 7.63. The van der Waals surface area contributed by atoms with E-state index in [2.05, 4.69) is 20.9 Å². The number of para-hydroxylation sites is 1. The zero-order valence-electron chi connectivity index (χ0n) is 15.5. The van der Waals surface area contributed by atoms with E-state index >= 15 is 0 Å². The van der Waals surface area contributed by atoms with Crippen LogP contribution in [0.15, 0.2) is 53.7 Å². The molecule has 2 unspecified atom stereocenters. The minimum absolute atomic E-state index is 0.145. The van der Waals surface area contributed by atoms with Crippen molar-refractivity contribution in [2.75, 3.05) is 10.7 Å². The maximum atomic E-state index is 13.4. The third-order valence-electron chi connectivity index (χ3n) is 4.71. The molecule has 6 nitrogen and oxygen atoms in total. The summed E-state index contributed by atoms with van der Waals surface area (Å²) in [6.45, 7) is 3.94. The molecule has 3 aromatic rings. The molecule has 2 N–H and O–H groups in total. The molecule has 0 saturated heterocycles. The average molecular weight is 397 g/mol. The Labute approximate surface area is 166 Å². The van der Waals surface area contributed by atoms with Crippen LogP contribution in [-0.2, 0) is 11.2 Å². The van der Waals surface area contributed by atoms with Crippen molar-refractivity contribution in [1.29, 1.82) is 0 Å². The van der Waals surface area contributed by atoms with Crippen LogP contribution < -0.4 is 10.7 Å². The highest BCUT2D eigenvalue weighted by Crippen LogP contribution is 2.37. The van der Waals surface area contributed by atoms with Gasteiger partial charge in [0.25, 0.3) is 0 Å². The van der Waals surface area contributed by atoms with Gasteiger partial charge in [-0.15, -0.1) is 10.2 Å². The van der Waals surface area contributed by atoms with Gasteiger partial charge in [0.05, 0.1) is 6.04 Å². The van der Waals surface area contributed by atoms with Crippen LogP contribution in [-0.4, -0.2) is 26.0 Å². The van der Waals surface area contributed by atoms with Gasteiger partial charge < -0.3 is 10.7 Å². The highest BCUT2D eigenvalue weighted by Gasteiger charge is 2.37. The van der Waals surface area contributed by atoms with E-state index in [9.17, 15) is 9.18 Å². The van der Waals surface area contributed by atoms with Gasteiger partial charge in [0.2, 0.25) is 11.1 Å². The fraction of sp³-hybridized carbons (Fsp3) is 0.250. The van der Waals surface area contributed by atoms with Crippen LogP contribution >= 0.6 is 11.8 Å². The lowest BCUT2D eigenvalue weighted by atomic mass is 10.0. The van der Waals surface area contributed by atoms with Crippen molar-refractivity contribution < 1.29 is 9.18 Å². The molecule has 1 amide bonds. The number of benzene rings is 2. The molecular formula is C20H20FN5OS. The van der Waals surface area contributed by atoms with E-state index < -0.39 is 5.25 Å². The predicted molar refractivity (Wildman–Crippen MR) is 107 cm³/mol. The van der Waals surface area contributed by atoms with E-state index in [1.54, 1.807) is 12.1 Å². The summed E-state index contributed by atoms with van der Waals surface area (Å²) in [5, 5.41) is 11.5. The number of anilines is 1. The van der Waals surface area contributed by atoms with E-state index in [1.807, 2.05) is 42.8 Å². The Kier molecular flexibility index (Phi) is 5.04. The van der Waals surface area contributed by atoms with Crippen molar-refractivity contribution in [1.82, 2.24) is 14.9 Å². The largest absolute Gasteiger partial charge is 0.325 e. The Morgan fingerprint density at radius 3 is 2.68 bits per heavy atom. The summed E-state index contributed by atoms with van der Waals surface area (Å²) in [4.78, 5) is 13.2. The standard InChI is InChI=1S/C20H20FN5OS/c1-3-16-23-24-20-26(16)25-17(13-8-10-14(21)11-9-13)18(28-20)19(27)22-15-7-5-4-6-12(15)2/h4-11,17-18,25H,3H2,1-2H3,(H,22,27). The molecule has 1 aromatic heterocycles. The molecule has 0 saturated carbocycles. The topological polar surface area (TPSA) is 71.8 Å². The fourth-order valence-corrected chi connectivity index (χ4v) is 4.26. The van der Waals surface area contributed by atoms with Gasteiger partial charge in [0.15, 0.2) is 5.82 Å². The molecule has 0 fully saturated rings. The van der Waals surface area contributed by atoms with Gasteiger partial charge in [-0.2, -0.15) is 0 Å². The molecule has 2 atom stereocenters. The molecule has 1 aliphatic rings. The Morgan fingerprint density at radius 1 is 1.21 bits per heavy atom. The number of nitrogens with zero attached hydrogens (tertiary/aromatic N) is 3. The molecule has 0 radical (unpaired) electrons. The summed E-state index contributed by atoms with van der Waals surface area (Å²) in [6, 6.07) is 13.5. The van der Waals surface area contributed by atoms with Crippen molar-refractivity contribution >= 4 is 23.4 Å². The molecule has 0 spiro atoms. The lowest BCUT2D eigenvalue weighted by Gasteiger charge is -2.33. The van der Waals surface area contributed by atoms with Crippen LogP contribution in [0.5, 0.6) is 0 Å². The molecule has 4 rings (SSSR count). The summed E-state index contributed by atoms with van der Waals surface area (Å²) in [5.41, 5.74) is 5.93. The van der Waals surface area contributed by atoms with Crippen LogP contribution in [0.3, 0.4) is 0 Å². The van der Waals surface area contributed by atoms with Gasteiger partial charge in [-0.1, -0.05) is 49.0 Å². The summed E-state index contributed by atoms with van der Waals surface area (Å²) < 4.78 is 15.2. The number of thioether (sulfide) groups is 1. The predicted octanol–water partition coefficient (Wildman–Crippen LogP) is 3.69. The molecule has 144 valence electrons. The minimum atomic E-state index is -0.494. The number of halogens is 1. The van der Waals surface area contributed by atoms with E-state index in [1.165, 1.54) is 23.9 Å². The molecule has 28 heavy (non-hydrogen) atoms. The minimum Gasteiger partial charge on any atom is -0.325 e. The number of hydrogen-bond acceptors (Lipinski definition) is 5. The average Bonchev–Trinajstić information content (AvgIpc) is 3.11. The second-order valence-electron chi connectivity index (χ2n) is 6.59. The lowest BCUT2D eigenvalue weighted by Crippen LogP contribution is -2.41. The zero-order valence-corrected chi connectivity index (χ0v) is 16.3. The second-order valence-corrected chi connectivity index (χ2v) is 7.70. The van der Waals surface area contributed by atoms with Crippen molar-refractivity contribution in [3.8, 4) is 0 Å². The van der Waals surface area contributed by atoms with Crippen LogP contribution in [0.4, 0.5) is 10.1 Å². The van der Waals surface area contributed by atoms with Crippen molar-refractivity contribution in [2.24, 2.45) is 0 Å². The van der Waals surface area contributed by atoms with Crippen LogP contribution in [0, 0.1) is 12.7 Å². The van der Waals surface area contributed by atoms with Crippen molar-refractivity contribution in [3.05, 3.63) is 71.3 Å². The van der Waals surface area contributed by atoms with Crippen molar-refractivity contribution in [3.63, 3.8) is 0 Å². The molecule has 2 heterocycles. The van der Waals surface area contributed by atoms with Gasteiger partial charge >= 0.3 is 0 Å². The number of fused-ring (bicyclic) bond motifs is 1. The lowest BCUT2D eigenvalue weighted by molar-refractivity contribution is -0.116. The first kappa shape index (κ1) is 18.5. The Hall–Kier alpha value is -2.87. The summed E-state index contributed by atoms with van der Waals surface area (Å²) in [6.07, 6.45) is 0.705. The normalized spacial score (nSPS) is 18.2. The maximum Gasteiger partial charge on any atom is 0.240 e. The highest BCUT2D eigenvalue weighted by atomic mass is 32.2. The zero-order chi connectivity index (χ0) is 19.7. The summed E-state index contributed by atoms with van der Waals surface area (Å²) >= 11 is 1.35. The smallest absolute Gasteiger partial charge is 0.240 e. The van der Waals surface area contributed by atoms with Gasteiger partial charge in [0.1, 0.15) is 11.1 Å². The first-order valence-corrected chi connectivity index (χ1v) is 9.94. The van der Waals surface area contributed by atoms with E-state index in [-0.39, 0.29) is 17.8 Å². The summed E-state index contributed by atoms with van der Waals surface area (Å²) in [5.74, 6) is 0.327. The molecular weight excluding hydrogens is 377 g/mol. The van der Waals surface area contributed by atoms with Crippen molar-refractivity contribution in [2.45, 2.75) is 36.7 Å². The monoisotopic (exact) mass is 397 g/mol. The molecule has 0 aliphatic carbocycles. The van der Waals surface area contributed by atoms with E-state index in [0.717, 1.165) is 22.6 Å². The third kappa shape index (κ3) is 3.47. The van der Waals surface area contributed by atoms with Crippen LogP contribution in [0.25, 0.3) is 0 Å². The first-order chi connectivity index (χ1) is 13.6. The van der Waals surface area contributed by atoms with Crippen LogP contribution in [0.1, 0.15) is 29.9 Å². The van der Waals surface area contributed by atoms with Crippen LogP contribution in [0.2, 0.25) is 0 Å². The van der Waals surface area contributed by atoms with Gasteiger partial charge in [-0.3, -0.25) is 4.79 Å². The van der Waals surface area contributed by atoms with E-state index in [0.29, 0.717) is 11.6 Å². The summed E-state index contributed by atoms with van der Waals surface area (Å²) in [7, 11) is 0. The molecule has 8 heteroatoms. The SMILES string of the molecule is CCc1nnc2n1NC(c1ccc(F)cc1)C(C(=O)Nc1ccccc1C)S2. The Morgan fingerprint density at radius 2 is 1.96 bits per heavy atom.